The minimum atomic E-state index is 0.0898. The third kappa shape index (κ3) is 3.48. The van der Waals surface area contributed by atoms with Gasteiger partial charge in [0.1, 0.15) is 0 Å². The van der Waals surface area contributed by atoms with Gasteiger partial charge in [-0.1, -0.05) is 13.8 Å². The Balaban J connectivity index is 1.99. The van der Waals surface area contributed by atoms with E-state index in [9.17, 15) is 5.11 Å². The Morgan fingerprint density at radius 1 is 1.21 bits per heavy atom. The molecular formula is C15H31N3O. The van der Waals surface area contributed by atoms with Crippen LogP contribution in [0.1, 0.15) is 39.5 Å². The summed E-state index contributed by atoms with van der Waals surface area (Å²) in [5.41, 5.74) is 6.33. The fraction of sp³-hybridized carbons (Fsp3) is 1.00. The molecule has 0 aromatic heterocycles. The van der Waals surface area contributed by atoms with Crippen LogP contribution in [0, 0.1) is 5.92 Å². The van der Waals surface area contributed by atoms with E-state index >= 15 is 0 Å². The third-order valence-electron chi connectivity index (χ3n) is 5.07. The Morgan fingerprint density at radius 2 is 1.89 bits per heavy atom. The molecule has 2 rings (SSSR count). The smallest absolute Gasteiger partial charge is 0.0601 e. The van der Waals surface area contributed by atoms with E-state index in [1.54, 1.807) is 0 Å². The number of fused-ring (bicyclic) bond motifs is 2. The minimum Gasteiger partial charge on any atom is -0.395 e. The number of aliphatic hydroxyl groups excluding tert-OH is 1. The Hall–Kier alpha value is -0.160. The lowest BCUT2D eigenvalue weighted by Crippen LogP contribution is -2.53. The van der Waals surface area contributed by atoms with Gasteiger partial charge < -0.3 is 10.8 Å². The highest BCUT2D eigenvalue weighted by atomic mass is 16.3. The van der Waals surface area contributed by atoms with Gasteiger partial charge in [-0.25, -0.2) is 0 Å². The highest BCUT2D eigenvalue weighted by Crippen LogP contribution is 2.29. The molecule has 0 amide bonds. The van der Waals surface area contributed by atoms with Gasteiger partial charge in [0.25, 0.3) is 0 Å². The maximum atomic E-state index is 9.75. The maximum absolute atomic E-state index is 9.75. The van der Waals surface area contributed by atoms with Gasteiger partial charge in [0, 0.05) is 37.3 Å². The lowest BCUT2D eigenvalue weighted by molar-refractivity contribution is 0.0894. The molecule has 0 aromatic rings. The van der Waals surface area contributed by atoms with Crippen molar-refractivity contribution in [2.45, 2.75) is 63.7 Å². The predicted molar refractivity (Wildman–Crippen MR) is 79.1 cm³/mol. The van der Waals surface area contributed by atoms with Crippen molar-refractivity contribution in [1.29, 1.82) is 0 Å². The van der Waals surface area contributed by atoms with E-state index in [1.165, 1.54) is 19.3 Å². The van der Waals surface area contributed by atoms with E-state index in [1.807, 2.05) is 0 Å². The van der Waals surface area contributed by atoms with Crippen molar-refractivity contribution in [2.75, 3.05) is 26.7 Å². The van der Waals surface area contributed by atoms with E-state index in [0.29, 0.717) is 12.0 Å². The molecular weight excluding hydrogens is 238 g/mol. The van der Waals surface area contributed by atoms with Gasteiger partial charge in [-0.3, -0.25) is 9.80 Å². The van der Waals surface area contributed by atoms with E-state index in [2.05, 4.69) is 30.7 Å². The number of rotatable bonds is 5. The van der Waals surface area contributed by atoms with Gasteiger partial charge in [-0.15, -0.1) is 0 Å². The standard InChI is InChI=1S/C15H31N3O/c1-11(2)8-14(16)15(10-19)18-7-6-12-4-5-13(9-18)17(12)3/h11-15,19H,4-10,16H2,1-3H3. The second kappa shape index (κ2) is 6.53. The normalized spacial score (nSPS) is 32.5. The van der Waals surface area contributed by atoms with Gasteiger partial charge in [0.2, 0.25) is 0 Å². The summed E-state index contributed by atoms with van der Waals surface area (Å²) in [5.74, 6) is 0.593. The second-order valence-corrected chi connectivity index (χ2v) is 6.88. The summed E-state index contributed by atoms with van der Waals surface area (Å²) in [6.07, 6.45) is 4.86. The Morgan fingerprint density at radius 3 is 2.53 bits per heavy atom. The summed E-state index contributed by atoms with van der Waals surface area (Å²) in [4.78, 5) is 5.00. The predicted octanol–water partition coefficient (Wildman–Crippen LogP) is 0.889. The quantitative estimate of drug-likeness (QED) is 0.778. The maximum Gasteiger partial charge on any atom is 0.0601 e. The minimum absolute atomic E-state index is 0.0898. The van der Waals surface area contributed by atoms with Gasteiger partial charge in [0.15, 0.2) is 0 Å². The van der Waals surface area contributed by atoms with Crippen molar-refractivity contribution >= 4 is 0 Å². The highest BCUT2D eigenvalue weighted by molar-refractivity contribution is 4.94. The molecule has 2 aliphatic heterocycles. The zero-order chi connectivity index (χ0) is 14.0. The number of nitrogens with two attached hydrogens (primary N) is 1. The average Bonchev–Trinajstić information content (AvgIpc) is 2.56. The van der Waals surface area contributed by atoms with Crippen LogP contribution >= 0.6 is 0 Å². The number of likely N-dealkylation sites (tertiary alicyclic amines) is 1. The Kier molecular flexibility index (Phi) is 5.23. The molecule has 4 unspecified atom stereocenters. The van der Waals surface area contributed by atoms with Crippen LogP contribution in [-0.2, 0) is 0 Å². The molecule has 0 saturated carbocycles. The van der Waals surface area contributed by atoms with Gasteiger partial charge in [-0.05, 0) is 38.6 Å². The molecule has 2 saturated heterocycles. The summed E-state index contributed by atoms with van der Waals surface area (Å²) in [5, 5.41) is 9.75. The lowest BCUT2D eigenvalue weighted by Gasteiger charge is -2.36. The zero-order valence-corrected chi connectivity index (χ0v) is 12.8. The molecule has 0 aliphatic carbocycles. The van der Waals surface area contributed by atoms with Crippen molar-refractivity contribution in [3.05, 3.63) is 0 Å². The van der Waals surface area contributed by atoms with Crippen LogP contribution in [0.15, 0.2) is 0 Å². The molecule has 19 heavy (non-hydrogen) atoms. The van der Waals surface area contributed by atoms with E-state index < -0.39 is 0 Å². The number of aliphatic hydroxyl groups is 1. The molecule has 4 heteroatoms. The van der Waals surface area contributed by atoms with Gasteiger partial charge in [0.05, 0.1) is 6.61 Å². The summed E-state index contributed by atoms with van der Waals surface area (Å²) in [6.45, 7) is 6.75. The largest absolute Gasteiger partial charge is 0.395 e. The molecule has 0 aromatic carbocycles. The van der Waals surface area contributed by atoms with E-state index in [4.69, 9.17) is 5.73 Å². The lowest BCUT2D eigenvalue weighted by atomic mass is 9.96. The Bertz CT molecular complexity index is 285. The molecule has 4 nitrogen and oxygen atoms in total. The molecule has 2 aliphatic rings. The summed E-state index contributed by atoms with van der Waals surface area (Å²) >= 11 is 0. The highest BCUT2D eigenvalue weighted by Gasteiger charge is 2.37. The van der Waals surface area contributed by atoms with Crippen molar-refractivity contribution in [3.8, 4) is 0 Å². The van der Waals surface area contributed by atoms with Crippen molar-refractivity contribution in [1.82, 2.24) is 9.80 Å². The number of likely N-dealkylation sites (N-methyl/N-ethyl adjacent to an activating group) is 1. The first-order valence-corrected chi connectivity index (χ1v) is 7.85. The van der Waals surface area contributed by atoms with Crippen LogP contribution < -0.4 is 5.73 Å². The first-order valence-electron chi connectivity index (χ1n) is 7.85. The number of hydrogen-bond acceptors (Lipinski definition) is 4. The summed E-state index contributed by atoms with van der Waals surface area (Å²) in [6, 6.07) is 1.63. The molecule has 112 valence electrons. The molecule has 3 N–H and O–H groups in total. The summed E-state index contributed by atoms with van der Waals surface area (Å²) < 4.78 is 0. The summed E-state index contributed by atoms with van der Waals surface area (Å²) in [7, 11) is 2.26. The molecule has 2 bridgehead atoms. The van der Waals surface area contributed by atoms with Crippen molar-refractivity contribution < 1.29 is 5.11 Å². The fourth-order valence-corrected chi connectivity index (χ4v) is 3.86. The van der Waals surface area contributed by atoms with Crippen LogP contribution in [0.4, 0.5) is 0 Å². The molecule has 0 spiro atoms. The molecule has 0 radical (unpaired) electrons. The van der Waals surface area contributed by atoms with Crippen molar-refractivity contribution in [2.24, 2.45) is 11.7 Å². The molecule has 2 fully saturated rings. The first-order chi connectivity index (χ1) is 9.02. The topological polar surface area (TPSA) is 52.7 Å². The number of nitrogens with zero attached hydrogens (tertiary/aromatic N) is 2. The van der Waals surface area contributed by atoms with Crippen LogP contribution in [0.5, 0.6) is 0 Å². The van der Waals surface area contributed by atoms with Gasteiger partial charge in [-0.2, -0.15) is 0 Å². The van der Waals surface area contributed by atoms with Crippen LogP contribution in [-0.4, -0.2) is 65.8 Å². The second-order valence-electron chi connectivity index (χ2n) is 6.88. The average molecular weight is 269 g/mol. The molecule has 4 atom stereocenters. The van der Waals surface area contributed by atoms with E-state index in [-0.39, 0.29) is 18.7 Å². The third-order valence-corrected chi connectivity index (χ3v) is 5.07. The van der Waals surface area contributed by atoms with Crippen LogP contribution in [0.2, 0.25) is 0 Å². The van der Waals surface area contributed by atoms with Crippen LogP contribution in [0.25, 0.3) is 0 Å². The number of hydrogen-bond donors (Lipinski definition) is 2. The zero-order valence-electron chi connectivity index (χ0n) is 12.8. The Labute approximate surface area is 117 Å². The monoisotopic (exact) mass is 269 g/mol. The van der Waals surface area contributed by atoms with Gasteiger partial charge >= 0.3 is 0 Å². The fourth-order valence-electron chi connectivity index (χ4n) is 3.86. The first kappa shape index (κ1) is 15.2. The van der Waals surface area contributed by atoms with Crippen molar-refractivity contribution in [3.63, 3.8) is 0 Å². The van der Waals surface area contributed by atoms with Crippen LogP contribution in [0.3, 0.4) is 0 Å². The SMILES string of the molecule is CC(C)CC(N)C(CO)N1CCC2CCC(C1)N2C. The molecule has 2 heterocycles. The van der Waals surface area contributed by atoms with E-state index in [0.717, 1.165) is 25.6 Å².